The van der Waals surface area contributed by atoms with E-state index in [2.05, 4.69) is 23.1 Å². The first-order chi connectivity index (χ1) is 12.1. The van der Waals surface area contributed by atoms with Crippen LogP contribution in [0.4, 0.5) is 10.1 Å². The number of benzene rings is 2. The molecule has 132 valence electrons. The van der Waals surface area contributed by atoms with Crippen molar-refractivity contribution in [1.29, 1.82) is 0 Å². The highest BCUT2D eigenvalue weighted by Crippen LogP contribution is 2.25. The van der Waals surface area contributed by atoms with Gasteiger partial charge in [0.05, 0.1) is 0 Å². The van der Waals surface area contributed by atoms with E-state index in [0.717, 1.165) is 18.7 Å². The topological polar surface area (TPSA) is 23.6 Å². The molecule has 1 aliphatic rings. The van der Waals surface area contributed by atoms with Gasteiger partial charge in [0.2, 0.25) is 5.91 Å². The molecule has 1 aliphatic heterocycles. The molecule has 0 spiro atoms. The van der Waals surface area contributed by atoms with Crippen molar-refractivity contribution in [3.63, 3.8) is 0 Å². The van der Waals surface area contributed by atoms with Crippen molar-refractivity contribution >= 4 is 11.6 Å². The smallest absolute Gasteiger partial charge is 0.222 e. The molecule has 0 N–H and O–H groups in total. The number of nitrogens with zero attached hydrogens (tertiary/aromatic N) is 2. The second-order valence-corrected chi connectivity index (χ2v) is 6.70. The van der Waals surface area contributed by atoms with Crippen LogP contribution in [0.3, 0.4) is 0 Å². The Bertz CT molecular complexity index is 708. The first-order valence-corrected chi connectivity index (χ1v) is 8.95. The number of anilines is 1. The zero-order chi connectivity index (χ0) is 17.6. The molecular formula is C21H25FN2O. The van der Waals surface area contributed by atoms with Crippen LogP contribution in [0.2, 0.25) is 0 Å². The zero-order valence-electron chi connectivity index (χ0n) is 14.7. The summed E-state index contributed by atoms with van der Waals surface area (Å²) >= 11 is 0. The van der Waals surface area contributed by atoms with E-state index in [1.165, 1.54) is 36.2 Å². The fourth-order valence-electron chi connectivity index (χ4n) is 3.35. The maximum Gasteiger partial charge on any atom is 0.222 e. The van der Waals surface area contributed by atoms with E-state index in [4.69, 9.17) is 0 Å². The van der Waals surface area contributed by atoms with Gasteiger partial charge in [0.25, 0.3) is 0 Å². The average Bonchev–Trinajstić information content (AvgIpc) is 3.16. The number of rotatable bonds is 6. The molecule has 1 amide bonds. The van der Waals surface area contributed by atoms with Crippen molar-refractivity contribution < 1.29 is 9.18 Å². The first-order valence-electron chi connectivity index (χ1n) is 8.95. The lowest BCUT2D eigenvalue weighted by molar-refractivity contribution is -0.130. The lowest BCUT2D eigenvalue weighted by Gasteiger charge is -2.24. The van der Waals surface area contributed by atoms with Crippen molar-refractivity contribution in [2.24, 2.45) is 0 Å². The highest BCUT2D eigenvalue weighted by molar-refractivity contribution is 5.76. The molecule has 2 aromatic rings. The summed E-state index contributed by atoms with van der Waals surface area (Å²) in [4.78, 5) is 16.7. The van der Waals surface area contributed by atoms with Gasteiger partial charge in [-0.25, -0.2) is 4.39 Å². The molecule has 0 aliphatic carbocycles. The molecule has 3 nitrogen and oxygen atoms in total. The third-order valence-corrected chi connectivity index (χ3v) is 4.81. The van der Waals surface area contributed by atoms with E-state index < -0.39 is 0 Å². The highest BCUT2D eigenvalue weighted by atomic mass is 19.1. The van der Waals surface area contributed by atoms with Crippen molar-refractivity contribution in [2.45, 2.75) is 32.2 Å². The Balaban J connectivity index is 1.59. The molecule has 3 rings (SSSR count). The average molecular weight is 340 g/mol. The molecule has 0 saturated carbocycles. The van der Waals surface area contributed by atoms with Gasteiger partial charge in [-0.15, -0.1) is 0 Å². The zero-order valence-corrected chi connectivity index (χ0v) is 14.7. The van der Waals surface area contributed by atoms with Crippen LogP contribution in [-0.4, -0.2) is 30.9 Å². The molecule has 1 saturated heterocycles. The van der Waals surface area contributed by atoms with Crippen molar-refractivity contribution in [3.05, 3.63) is 65.5 Å². The van der Waals surface area contributed by atoms with Crippen LogP contribution in [0.5, 0.6) is 0 Å². The summed E-state index contributed by atoms with van der Waals surface area (Å²) in [5.41, 5.74) is 3.43. The standard InChI is InChI=1S/C21H25FN2O/c1-23(21(25)13-10-17-8-11-19(22)12-9-17)16-18-6-2-3-7-20(18)24-14-4-5-15-24/h2-3,6-9,11-12H,4-5,10,13-16H2,1H3. The molecule has 0 aromatic heterocycles. The van der Waals surface area contributed by atoms with Gasteiger partial charge in [-0.3, -0.25) is 4.79 Å². The fourth-order valence-corrected chi connectivity index (χ4v) is 3.35. The molecule has 4 heteroatoms. The summed E-state index contributed by atoms with van der Waals surface area (Å²) in [6.07, 6.45) is 3.55. The minimum absolute atomic E-state index is 0.112. The highest BCUT2D eigenvalue weighted by Gasteiger charge is 2.17. The Morgan fingerprint density at radius 3 is 2.48 bits per heavy atom. The Kier molecular flexibility index (Phi) is 5.69. The second-order valence-electron chi connectivity index (χ2n) is 6.70. The number of carbonyl (C=O) groups excluding carboxylic acids is 1. The largest absolute Gasteiger partial charge is 0.371 e. The van der Waals surface area contributed by atoms with E-state index in [1.807, 2.05) is 13.1 Å². The molecule has 0 radical (unpaired) electrons. The Morgan fingerprint density at radius 1 is 1.08 bits per heavy atom. The van der Waals surface area contributed by atoms with Gasteiger partial charge in [-0.1, -0.05) is 30.3 Å². The van der Waals surface area contributed by atoms with Crippen LogP contribution in [0, 0.1) is 5.82 Å². The van der Waals surface area contributed by atoms with Crippen LogP contribution in [0.15, 0.2) is 48.5 Å². The maximum absolute atomic E-state index is 12.9. The summed E-state index contributed by atoms with van der Waals surface area (Å²) in [7, 11) is 1.85. The van der Waals surface area contributed by atoms with Crippen LogP contribution < -0.4 is 4.90 Å². The number of aryl methyl sites for hydroxylation is 1. The summed E-state index contributed by atoms with van der Waals surface area (Å²) < 4.78 is 12.9. The van der Waals surface area contributed by atoms with Gasteiger partial charge in [0, 0.05) is 38.8 Å². The predicted molar refractivity (Wildman–Crippen MR) is 99.1 cm³/mol. The van der Waals surface area contributed by atoms with Crippen LogP contribution in [-0.2, 0) is 17.8 Å². The van der Waals surface area contributed by atoms with Crippen molar-refractivity contribution in [3.8, 4) is 0 Å². The molecule has 1 fully saturated rings. The number of amides is 1. The summed E-state index contributed by atoms with van der Waals surface area (Å²) in [5, 5.41) is 0. The van der Waals surface area contributed by atoms with Gasteiger partial charge >= 0.3 is 0 Å². The molecular weight excluding hydrogens is 315 g/mol. The first kappa shape index (κ1) is 17.5. The van der Waals surface area contributed by atoms with Crippen molar-refractivity contribution in [1.82, 2.24) is 4.90 Å². The monoisotopic (exact) mass is 340 g/mol. The SMILES string of the molecule is CN(Cc1ccccc1N1CCCC1)C(=O)CCc1ccc(F)cc1. The van der Waals surface area contributed by atoms with Crippen LogP contribution in [0.1, 0.15) is 30.4 Å². The molecule has 2 aromatic carbocycles. The Hall–Kier alpha value is -2.36. The third-order valence-electron chi connectivity index (χ3n) is 4.81. The number of hydrogen-bond acceptors (Lipinski definition) is 2. The predicted octanol–water partition coefficient (Wildman–Crippen LogP) is 4.02. The van der Waals surface area contributed by atoms with Gasteiger partial charge in [-0.2, -0.15) is 0 Å². The van der Waals surface area contributed by atoms with Crippen LogP contribution in [0.25, 0.3) is 0 Å². The maximum atomic E-state index is 12.9. The lowest BCUT2D eigenvalue weighted by atomic mass is 10.1. The van der Waals surface area contributed by atoms with Gasteiger partial charge < -0.3 is 9.80 Å². The molecule has 0 unspecified atom stereocenters. The van der Waals surface area contributed by atoms with E-state index in [-0.39, 0.29) is 11.7 Å². The third kappa shape index (κ3) is 4.59. The Labute approximate surface area is 149 Å². The number of carbonyl (C=O) groups is 1. The normalized spacial score (nSPS) is 13.9. The summed E-state index contributed by atoms with van der Waals surface area (Å²) in [6.45, 7) is 2.81. The number of hydrogen-bond donors (Lipinski definition) is 0. The molecule has 0 bridgehead atoms. The molecule has 25 heavy (non-hydrogen) atoms. The van der Waals surface area contributed by atoms with Crippen LogP contribution >= 0.6 is 0 Å². The van der Waals surface area contributed by atoms with Gasteiger partial charge in [0.1, 0.15) is 5.82 Å². The lowest BCUT2D eigenvalue weighted by Crippen LogP contribution is -2.28. The second kappa shape index (κ2) is 8.15. The summed E-state index contributed by atoms with van der Waals surface area (Å²) in [5.74, 6) is -0.133. The van der Waals surface area contributed by atoms with E-state index in [1.54, 1.807) is 17.0 Å². The van der Waals surface area contributed by atoms with E-state index in [0.29, 0.717) is 19.4 Å². The van der Waals surface area contributed by atoms with Gasteiger partial charge in [0.15, 0.2) is 0 Å². The number of halogens is 1. The quantitative estimate of drug-likeness (QED) is 0.793. The fraction of sp³-hybridized carbons (Fsp3) is 0.381. The van der Waals surface area contributed by atoms with Gasteiger partial charge in [-0.05, 0) is 48.6 Å². The molecule has 0 atom stereocenters. The number of para-hydroxylation sites is 1. The van der Waals surface area contributed by atoms with E-state index in [9.17, 15) is 9.18 Å². The van der Waals surface area contributed by atoms with E-state index >= 15 is 0 Å². The molecule has 1 heterocycles. The summed E-state index contributed by atoms with van der Waals surface area (Å²) in [6, 6.07) is 14.7. The Morgan fingerprint density at radius 2 is 1.76 bits per heavy atom. The minimum Gasteiger partial charge on any atom is -0.371 e. The minimum atomic E-state index is -0.245. The van der Waals surface area contributed by atoms with Crippen molar-refractivity contribution in [2.75, 3.05) is 25.0 Å².